The van der Waals surface area contributed by atoms with Crippen molar-refractivity contribution >= 4 is 5.90 Å². The Morgan fingerprint density at radius 1 is 1.12 bits per heavy atom. The first-order chi connectivity index (χ1) is 11.5. The quantitative estimate of drug-likeness (QED) is 0.819. The summed E-state index contributed by atoms with van der Waals surface area (Å²) in [7, 11) is 1.70. The molecule has 0 aliphatic carbocycles. The third-order valence-corrected chi connectivity index (χ3v) is 4.27. The van der Waals surface area contributed by atoms with E-state index in [0.29, 0.717) is 6.61 Å². The highest BCUT2D eigenvalue weighted by Crippen LogP contribution is 2.24. The van der Waals surface area contributed by atoms with E-state index in [2.05, 4.69) is 51.1 Å². The van der Waals surface area contributed by atoms with Gasteiger partial charge in [0.2, 0.25) is 5.90 Å². The van der Waals surface area contributed by atoms with Crippen LogP contribution in [0.15, 0.2) is 47.5 Å². The molecule has 3 rings (SSSR count). The van der Waals surface area contributed by atoms with Gasteiger partial charge in [0.05, 0.1) is 12.6 Å². The first-order valence-electron chi connectivity index (χ1n) is 8.42. The van der Waals surface area contributed by atoms with Crippen molar-refractivity contribution in [1.29, 1.82) is 0 Å². The SMILES string of the molecule is COc1cccc(CCc2cc(C)ccc2C2=NC(C)(C)CO2)c1. The monoisotopic (exact) mass is 323 g/mol. The van der Waals surface area contributed by atoms with Crippen LogP contribution in [0.5, 0.6) is 5.75 Å². The zero-order valence-corrected chi connectivity index (χ0v) is 14.9. The normalized spacial score (nSPS) is 15.8. The molecule has 2 aromatic rings. The maximum Gasteiger partial charge on any atom is 0.217 e. The van der Waals surface area contributed by atoms with Gasteiger partial charge < -0.3 is 9.47 Å². The van der Waals surface area contributed by atoms with Crippen LogP contribution in [0.25, 0.3) is 0 Å². The molecule has 24 heavy (non-hydrogen) atoms. The van der Waals surface area contributed by atoms with Crippen molar-refractivity contribution in [1.82, 2.24) is 0 Å². The standard InChI is InChI=1S/C21H25NO2/c1-15-8-11-19(20-22-21(2,3)14-24-20)17(12-15)10-9-16-6-5-7-18(13-16)23-4/h5-8,11-13H,9-10,14H2,1-4H3. The molecule has 0 saturated heterocycles. The number of ether oxygens (including phenoxy) is 2. The highest BCUT2D eigenvalue weighted by Gasteiger charge is 2.28. The van der Waals surface area contributed by atoms with Crippen molar-refractivity contribution in [2.75, 3.05) is 13.7 Å². The van der Waals surface area contributed by atoms with Crippen molar-refractivity contribution in [3.8, 4) is 5.75 Å². The fourth-order valence-electron chi connectivity index (χ4n) is 2.97. The lowest BCUT2D eigenvalue weighted by atomic mass is 9.97. The van der Waals surface area contributed by atoms with Crippen molar-refractivity contribution < 1.29 is 9.47 Å². The minimum absolute atomic E-state index is 0.135. The average molecular weight is 323 g/mol. The second-order valence-electron chi connectivity index (χ2n) is 7.03. The second kappa shape index (κ2) is 6.68. The van der Waals surface area contributed by atoms with Gasteiger partial charge in [0.25, 0.3) is 0 Å². The number of hydrogen-bond acceptors (Lipinski definition) is 3. The summed E-state index contributed by atoms with van der Waals surface area (Å²) in [5.74, 6) is 1.68. The first-order valence-corrected chi connectivity index (χ1v) is 8.42. The van der Waals surface area contributed by atoms with E-state index in [0.717, 1.165) is 30.1 Å². The number of methoxy groups -OCH3 is 1. The molecule has 0 N–H and O–H groups in total. The zero-order valence-electron chi connectivity index (χ0n) is 14.9. The van der Waals surface area contributed by atoms with Crippen LogP contribution >= 0.6 is 0 Å². The van der Waals surface area contributed by atoms with Crippen molar-refractivity contribution in [2.45, 2.75) is 39.2 Å². The Hall–Kier alpha value is -2.29. The number of hydrogen-bond donors (Lipinski definition) is 0. The number of rotatable bonds is 5. The van der Waals surface area contributed by atoms with E-state index in [9.17, 15) is 0 Å². The Balaban J connectivity index is 1.83. The summed E-state index contributed by atoms with van der Waals surface area (Å²) < 4.78 is 11.2. The molecule has 0 aromatic heterocycles. The van der Waals surface area contributed by atoms with Crippen LogP contribution in [0.1, 0.15) is 36.1 Å². The molecule has 0 unspecified atom stereocenters. The minimum Gasteiger partial charge on any atom is -0.497 e. The molecule has 0 radical (unpaired) electrons. The maximum absolute atomic E-state index is 5.85. The summed E-state index contributed by atoms with van der Waals surface area (Å²) in [6.45, 7) is 6.97. The van der Waals surface area contributed by atoms with Crippen LogP contribution in [0.4, 0.5) is 0 Å². The molecule has 0 saturated carbocycles. The lowest BCUT2D eigenvalue weighted by Crippen LogP contribution is -2.17. The molecule has 1 aliphatic rings. The molecule has 0 spiro atoms. The van der Waals surface area contributed by atoms with Crippen molar-refractivity contribution in [3.63, 3.8) is 0 Å². The predicted molar refractivity (Wildman–Crippen MR) is 98.1 cm³/mol. The van der Waals surface area contributed by atoms with E-state index in [1.807, 2.05) is 12.1 Å². The molecule has 1 heterocycles. The van der Waals surface area contributed by atoms with Gasteiger partial charge in [-0.05, 0) is 62.9 Å². The average Bonchev–Trinajstić information content (AvgIpc) is 2.93. The van der Waals surface area contributed by atoms with Gasteiger partial charge in [0, 0.05) is 5.56 Å². The van der Waals surface area contributed by atoms with E-state index < -0.39 is 0 Å². The molecular formula is C21H25NO2. The van der Waals surface area contributed by atoms with Crippen LogP contribution in [-0.4, -0.2) is 25.2 Å². The van der Waals surface area contributed by atoms with E-state index in [1.165, 1.54) is 16.7 Å². The van der Waals surface area contributed by atoms with Gasteiger partial charge in [-0.1, -0.05) is 29.8 Å². The number of aryl methyl sites for hydroxylation is 3. The Morgan fingerprint density at radius 2 is 1.96 bits per heavy atom. The molecule has 0 fully saturated rings. The Morgan fingerprint density at radius 3 is 2.67 bits per heavy atom. The summed E-state index contributed by atoms with van der Waals surface area (Å²) in [5.41, 5.74) is 4.81. The molecule has 3 heteroatoms. The van der Waals surface area contributed by atoms with Gasteiger partial charge in [0.1, 0.15) is 12.4 Å². The zero-order chi connectivity index (χ0) is 17.2. The first kappa shape index (κ1) is 16.6. The molecule has 2 aromatic carbocycles. The highest BCUT2D eigenvalue weighted by molar-refractivity contribution is 5.97. The van der Waals surface area contributed by atoms with Gasteiger partial charge in [-0.25, -0.2) is 4.99 Å². The molecule has 0 amide bonds. The summed E-state index contributed by atoms with van der Waals surface area (Å²) in [6.07, 6.45) is 1.91. The topological polar surface area (TPSA) is 30.8 Å². The number of nitrogens with zero attached hydrogens (tertiary/aromatic N) is 1. The third-order valence-electron chi connectivity index (χ3n) is 4.27. The van der Waals surface area contributed by atoms with E-state index >= 15 is 0 Å². The van der Waals surface area contributed by atoms with Crippen molar-refractivity contribution in [2.24, 2.45) is 4.99 Å². The molecular weight excluding hydrogens is 298 g/mol. The Labute approximate surface area is 144 Å². The predicted octanol–water partition coefficient (Wildman–Crippen LogP) is 4.34. The van der Waals surface area contributed by atoms with Gasteiger partial charge in [-0.15, -0.1) is 0 Å². The lowest BCUT2D eigenvalue weighted by molar-refractivity contribution is 0.279. The fraction of sp³-hybridized carbons (Fsp3) is 0.381. The minimum atomic E-state index is -0.135. The van der Waals surface area contributed by atoms with Gasteiger partial charge in [0.15, 0.2) is 0 Å². The smallest absolute Gasteiger partial charge is 0.217 e. The molecule has 1 aliphatic heterocycles. The summed E-state index contributed by atoms with van der Waals surface area (Å²) >= 11 is 0. The van der Waals surface area contributed by atoms with E-state index in [1.54, 1.807) is 7.11 Å². The van der Waals surface area contributed by atoms with Crippen molar-refractivity contribution in [3.05, 3.63) is 64.7 Å². The van der Waals surface area contributed by atoms with Crippen LogP contribution in [0.3, 0.4) is 0 Å². The Kier molecular flexibility index (Phi) is 4.61. The van der Waals surface area contributed by atoms with Gasteiger partial charge in [-0.2, -0.15) is 0 Å². The Bertz CT molecular complexity index is 762. The number of aliphatic imine (C=N–C) groups is 1. The second-order valence-corrected chi connectivity index (χ2v) is 7.03. The van der Waals surface area contributed by atoms with Gasteiger partial charge in [-0.3, -0.25) is 0 Å². The van der Waals surface area contributed by atoms with Crippen LogP contribution in [0.2, 0.25) is 0 Å². The fourth-order valence-corrected chi connectivity index (χ4v) is 2.97. The molecule has 126 valence electrons. The highest BCUT2D eigenvalue weighted by atomic mass is 16.5. The molecule has 0 atom stereocenters. The lowest BCUT2D eigenvalue weighted by Gasteiger charge is -2.11. The molecule has 0 bridgehead atoms. The van der Waals surface area contributed by atoms with Gasteiger partial charge >= 0.3 is 0 Å². The van der Waals surface area contributed by atoms with Crippen LogP contribution in [-0.2, 0) is 17.6 Å². The summed E-state index contributed by atoms with van der Waals surface area (Å²) in [5, 5.41) is 0. The third kappa shape index (κ3) is 3.78. The van der Waals surface area contributed by atoms with Crippen LogP contribution in [0, 0.1) is 6.92 Å². The van der Waals surface area contributed by atoms with E-state index in [-0.39, 0.29) is 5.54 Å². The summed E-state index contributed by atoms with van der Waals surface area (Å²) in [6, 6.07) is 14.8. The summed E-state index contributed by atoms with van der Waals surface area (Å²) in [4.78, 5) is 4.74. The number of benzene rings is 2. The largest absolute Gasteiger partial charge is 0.497 e. The van der Waals surface area contributed by atoms with E-state index in [4.69, 9.17) is 14.5 Å². The maximum atomic E-state index is 5.85. The van der Waals surface area contributed by atoms with Crippen LogP contribution < -0.4 is 4.74 Å². The molecule has 3 nitrogen and oxygen atoms in total.